The Bertz CT molecular complexity index is 1180. The van der Waals surface area contributed by atoms with E-state index in [0.717, 1.165) is 11.3 Å². The van der Waals surface area contributed by atoms with E-state index in [1.54, 1.807) is 6.07 Å². The fourth-order valence-electron chi connectivity index (χ4n) is 2.85. The predicted molar refractivity (Wildman–Crippen MR) is 111 cm³/mol. The van der Waals surface area contributed by atoms with Gasteiger partial charge in [0, 0.05) is 36.8 Å². The van der Waals surface area contributed by atoms with Gasteiger partial charge < -0.3 is 14.1 Å². The van der Waals surface area contributed by atoms with E-state index in [1.165, 1.54) is 12.1 Å². The van der Waals surface area contributed by atoms with Gasteiger partial charge in [0.1, 0.15) is 23.8 Å². The average Bonchev–Trinajstić information content (AvgIpc) is 2.69. The van der Waals surface area contributed by atoms with Crippen molar-refractivity contribution in [1.82, 2.24) is 0 Å². The van der Waals surface area contributed by atoms with E-state index < -0.39 is 11.6 Å². The number of nitrogens with zero attached hydrogens (tertiary/aromatic N) is 2. The SMILES string of the molecule is Cc1ccc2c(COC(=O)/C(C#N)=C/c3ccc(N(C)C)cc3)cc(=O)oc2c1. The molecular formula is C23H20N2O4. The number of rotatable bonds is 5. The molecule has 3 rings (SSSR count). The van der Waals surface area contributed by atoms with Crippen molar-refractivity contribution in [2.24, 2.45) is 0 Å². The lowest BCUT2D eigenvalue weighted by molar-refractivity contribution is -0.139. The lowest BCUT2D eigenvalue weighted by Crippen LogP contribution is -2.09. The molecule has 0 aliphatic heterocycles. The molecule has 0 fully saturated rings. The smallest absolute Gasteiger partial charge is 0.349 e. The summed E-state index contributed by atoms with van der Waals surface area (Å²) < 4.78 is 10.5. The Morgan fingerprint density at radius 3 is 2.55 bits per heavy atom. The second-order valence-corrected chi connectivity index (χ2v) is 6.82. The highest BCUT2D eigenvalue weighted by Gasteiger charge is 2.13. The third-order valence-corrected chi connectivity index (χ3v) is 4.41. The first-order chi connectivity index (χ1) is 13.9. The normalized spacial score (nSPS) is 11.2. The van der Waals surface area contributed by atoms with Gasteiger partial charge in [-0.15, -0.1) is 0 Å². The maximum absolute atomic E-state index is 12.4. The van der Waals surface area contributed by atoms with Crippen LogP contribution in [-0.2, 0) is 16.1 Å². The van der Waals surface area contributed by atoms with Crippen molar-refractivity contribution in [3.05, 3.63) is 81.2 Å². The largest absolute Gasteiger partial charge is 0.457 e. The van der Waals surface area contributed by atoms with Gasteiger partial charge >= 0.3 is 11.6 Å². The minimum atomic E-state index is -0.752. The maximum atomic E-state index is 12.4. The highest BCUT2D eigenvalue weighted by molar-refractivity contribution is 5.98. The number of fused-ring (bicyclic) bond motifs is 1. The van der Waals surface area contributed by atoms with E-state index in [-0.39, 0.29) is 12.2 Å². The second kappa shape index (κ2) is 8.44. The minimum absolute atomic E-state index is 0.120. The minimum Gasteiger partial charge on any atom is -0.457 e. The number of carbonyl (C=O) groups is 1. The summed E-state index contributed by atoms with van der Waals surface area (Å²) in [5, 5.41) is 10.0. The quantitative estimate of drug-likeness (QED) is 0.286. The topological polar surface area (TPSA) is 83.5 Å². The van der Waals surface area contributed by atoms with Crippen LogP contribution in [0.1, 0.15) is 16.7 Å². The van der Waals surface area contributed by atoms with Crippen molar-refractivity contribution >= 4 is 28.7 Å². The molecule has 6 nitrogen and oxygen atoms in total. The molecule has 0 unspecified atom stereocenters. The van der Waals surface area contributed by atoms with Crippen molar-refractivity contribution < 1.29 is 13.9 Å². The predicted octanol–water partition coefficient (Wildman–Crippen LogP) is 3.82. The molecule has 29 heavy (non-hydrogen) atoms. The molecular weight excluding hydrogens is 368 g/mol. The van der Waals surface area contributed by atoms with Gasteiger partial charge in [-0.2, -0.15) is 5.26 Å². The van der Waals surface area contributed by atoms with Crippen LogP contribution < -0.4 is 10.5 Å². The number of esters is 1. The van der Waals surface area contributed by atoms with Gasteiger partial charge in [0.2, 0.25) is 0 Å². The van der Waals surface area contributed by atoms with Gasteiger partial charge in [0.05, 0.1) is 0 Å². The van der Waals surface area contributed by atoms with E-state index in [2.05, 4.69) is 0 Å². The van der Waals surface area contributed by atoms with Crippen LogP contribution in [0.3, 0.4) is 0 Å². The standard InChI is InChI=1S/C23H20N2O4/c1-15-4-9-20-18(12-22(26)29-21(20)10-15)14-28-23(27)17(13-24)11-16-5-7-19(8-6-16)25(2)3/h4-12H,14H2,1-3H3/b17-11+. The van der Waals surface area contributed by atoms with Crippen molar-refractivity contribution in [3.63, 3.8) is 0 Å². The third-order valence-electron chi connectivity index (χ3n) is 4.41. The van der Waals surface area contributed by atoms with E-state index in [4.69, 9.17) is 9.15 Å². The average molecular weight is 388 g/mol. The van der Waals surface area contributed by atoms with Crippen molar-refractivity contribution in [2.45, 2.75) is 13.5 Å². The van der Waals surface area contributed by atoms with Crippen LogP contribution in [0.15, 0.2) is 63.3 Å². The number of aryl methyl sites for hydroxylation is 1. The Hall–Kier alpha value is -3.85. The zero-order chi connectivity index (χ0) is 21.0. The molecule has 0 atom stereocenters. The Balaban J connectivity index is 1.80. The summed E-state index contributed by atoms with van der Waals surface area (Å²) in [4.78, 5) is 26.1. The second-order valence-electron chi connectivity index (χ2n) is 6.82. The summed E-state index contributed by atoms with van der Waals surface area (Å²) in [6.07, 6.45) is 1.47. The van der Waals surface area contributed by atoms with Crippen molar-refractivity contribution in [3.8, 4) is 6.07 Å². The number of anilines is 1. The molecule has 1 heterocycles. The summed E-state index contributed by atoms with van der Waals surface area (Å²) >= 11 is 0. The molecule has 0 N–H and O–H groups in total. The van der Waals surface area contributed by atoms with Gasteiger partial charge in [-0.1, -0.05) is 24.3 Å². The molecule has 0 aliphatic carbocycles. The number of hydrogen-bond donors (Lipinski definition) is 0. The Labute approximate surface area is 168 Å². The first-order valence-electron chi connectivity index (χ1n) is 8.97. The number of ether oxygens (including phenoxy) is 1. The zero-order valence-corrected chi connectivity index (χ0v) is 16.4. The Kier molecular flexibility index (Phi) is 5.79. The summed E-state index contributed by atoms with van der Waals surface area (Å²) in [7, 11) is 3.86. The molecule has 146 valence electrons. The van der Waals surface area contributed by atoms with E-state index >= 15 is 0 Å². The van der Waals surface area contributed by atoms with Crippen molar-refractivity contribution in [2.75, 3.05) is 19.0 Å². The first kappa shape index (κ1) is 19.9. The fourth-order valence-corrected chi connectivity index (χ4v) is 2.85. The summed E-state index contributed by atoms with van der Waals surface area (Å²) in [5.74, 6) is -0.752. The van der Waals surface area contributed by atoms with Crippen LogP contribution in [0.2, 0.25) is 0 Å². The van der Waals surface area contributed by atoms with E-state index in [1.807, 2.05) is 68.4 Å². The molecule has 0 radical (unpaired) electrons. The van der Waals surface area contributed by atoms with Gasteiger partial charge in [0.25, 0.3) is 0 Å². The molecule has 2 aromatic carbocycles. The summed E-state index contributed by atoms with van der Waals surface area (Å²) in [5.41, 5.74) is 2.98. The van der Waals surface area contributed by atoms with Gasteiger partial charge in [-0.3, -0.25) is 0 Å². The fraction of sp³-hybridized carbons (Fsp3) is 0.174. The maximum Gasteiger partial charge on any atom is 0.349 e. The summed E-state index contributed by atoms with van der Waals surface area (Å²) in [6.45, 7) is 1.75. The summed E-state index contributed by atoms with van der Waals surface area (Å²) in [6, 6.07) is 16.0. The number of carbonyl (C=O) groups excluding carboxylic acids is 1. The molecule has 0 saturated carbocycles. The van der Waals surface area contributed by atoms with Crippen LogP contribution in [0.5, 0.6) is 0 Å². The lowest BCUT2D eigenvalue weighted by Gasteiger charge is -2.12. The molecule has 0 amide bonds. The Morgan fingerprint density at radius 1 is 1.17 bits per heavy atom. The van der Waals surface area contributed by atoms with Crippen LogP contribution in [0.25, 0.3) is 17.0 Å². The molecule has 0 saturated heterocycles. The number of hydrogen-bond acceptors (Lipinski definition) is 6. The molecule has 6 heteroatoms. The number of nitriles is 1. The van der Waals surface area contributed by atoms with E-state index in [0.29, 0.717) is 22.1 Å². The molecule has 1 aromatic heterocycles. The van der Waals surface area contributed by atoms with Gasteiger partial charge in [-0.25, -0.2) is 9.59 Å². The highest BCUT2D eigenvalue weighted by Crippen LogP contribution is 2.20. The molecule has 0 aliphatic rings. The molecule has 0 spiro atoms. The highest BCUT2D eigenvalue weighted by atomic mass is 16.5. The van der Waals surface area contributed by atoms with Crippen LogP contribution in [0, 0.1) is 18.3 Å². The first-order valence-corrected chi connectivity index (χ1v) is 8.97. The third kappa shape index (κ3) is 4.71. The van der Waals surface area contributed by atoms with Crippen LogP contribution >= 0.6 is 0 Å². The van der Waals surface area contributed by atoms with Crippen LogP contribution in [-0.4, -0.2) is 20.1 Å². The Morgan fingerprint density at radius 2 is 1.90 bits per heavy atom. The van der Waals surface area contributed by atoms with Crippen molar-refractivity contribution in [1.29, 1.82) is 5.26 Å². The molecule has 0 bridgehead atoms. The lowest BCUT2D eigenvalue weighted by atomic mass is 10.1. The van der Waals surface area contributed by atoms with Gasteiger partial charge in [0.15, 0.2) is 0 Å². The zero-order valence-electron chi connectivity index (χ0n) is 16.4. The molecule has 3 aromatic rings. The number of benzene rings is 2. The van der Waals surface area contributed by atoms with E-state index in [9.17, 15) is 14.9 Å². The monoisotopic (exact) mass is 388 g/mol. The van der Waals surface area contributed by atoms with Crippen LogP contribution in [0.4, 0.5) is 5.69 Å². The van der Waals surface area contributed by atoms with Gasteiger partial charge in [-0.05, 0) is 42.3 Å².